The van der Waals surface area contributed by atoms with Gasteiger partial charge in [-0.15, -0.1) is 0 Å². The van der Waals surface area contributed by atoms with Crippen molar-refractivity contribution in [2.75, 3.05) is 0 Å². The monoisotopic (exact) mass is 337 g/mol. The standard InChI is InChI=1S/C22H27NO2/c1-4-5-15-6-8-16(9-7-15)17-10-11-19-18(14-17)12-13-22(2,3)20(19)23-21(24)25/h6-11,14,20,23H,4-5,12-13H2,1-3H3,(H,24,25)/t20-/m0/s1. The van der Waals surface area contributed by atoms with E-state index in [0.717, 1.165) is 31.2 Å². The number of benzene rings is 2. The highest BCUT2D eigenvalue weighted by molar-refractivity contribution is 5.68. The lowest BCUT2D eigenvalue weighted by molar-refractivity contribution is 0.161. The second-order valence-corrected chi connectivity index (χ2v) is 7.73. The average Bonchev–Trinajstić information content (AvgIpc) is 2.58. The summed E-state index contributed by atoms with van der Waals surface area (Å²) in [7, 11) is 0. The predicted molar refractivity (Wildman–Crippen MR) is 102 cm³/mol. The van der Waals surface area contributed by atoms with Gasteiger partial charge in [0, 0.05) is 0 Å². The number of rotatable bonds is 4. The second kappa shape index (κ2) is 6.91. The van der Waals surface area contributed by atoms with E-state index >= 15 is 0 Å². The van der Waals surface area contributed by atoms with Crippen LogP contribution in [0.1, 0.15) is 56.3 Å². The van der Waals surface area contributed by atoms with Crippen molar-refractivity contribution in [1.82, 2.24) is 5.32 Å². The zero-order valence-electron chi connectivity index (χ0n) is 15.3. The van der Waals surface area contributed by atoms with Gasteiger partial charge in [0.15, 0.2) is 0 Å². The van der Waals surface area contributed by atoms with Gasteiger partial charge in [0.05, 0.1) is 6.04 Å². The third-order valence-corrected chi connectivity index (χ3v) is 5.37. The predicted octanol–water partition coefficient (Wildman–Crippen LogP) is 5.59. The number of carboxylic acid groups (broad SMARTS) is 1. The molecule has 0 fully saturated rings. The molecular formula is C22H27NO2. The maximum Gasteiger partial charge on any atom is 0.405 e. The van der Waals surface area contributed by atoms with Crippen molar-refractivity contribution in [3.63, 3.8) is 0 Å². The fraction of sp³-hybridized carbons (Fsp3) is 0.409. The molecule has 25 heavy (non-hydrogen) atoms. The summed E-state index contributed by atoms with van der Waals surface area (Å²) < 4.78 is 0. The van der Waals surface area contributed by atoms with E-state index in [1.54, 1.807) is 0 Å². The molecule has 3 nitrogen and oxygen atoms in total. The van der Waals surface area contributed by atoms with Gasteiger partial charge in [-0.2, -0.15) is 0 Å². The average molecular weight is 337 g/mol. The Labute approximate surface area is 150 Å². The Morgan fingerprint density at radius 2 is 1.84 bits per heavy atom. The minimum Gasteiger partial charge on any atom is -0.465 e. The van der Waals surface area contributed by atoms with Crippen molar-refractivity contribution in [3.8, 4) is 11.1 Å². The van der Waals surface area contributed by atoms with Crippen LogP contribution in [0.4, 0.5) is 4.79 Å². The summed E-state index contributed by atoms with van der Waals surface area (Å²) in [5, 5.41) is 11.9. The Balaban J connectivity index is 1.93. The van der Waals surface area contributed by atoms with Crippen molar-refractivity contribution in [2.45, 2.75) is 52.5 Å². The van der Waals surface area contributed by atoms with Crippen LogP contribution in [-0.2, 0) is 12.8 Å². The van der Waals surface area contributed by atoms with Gasteiger partial charge in [-0.1, -0.05) is 69.7 Å². The van der Waals surface area contributed by atoms with Crippen LogP contribution in [0.2, 0.25) is 0 Å². The zero-order valence-corrected chi connectivity index (χ0v) is 15.3. The van der Waals surface area contributed by atoms with Crippen molar-refractivity contribution in [1.29, 1.82) is 0 Å². The Kier molecular flexibility index (Phi) is 4.85. The fourth-order valence-electron chi connectivity index (χ4n) is 3.85. The zero-order chi connectivity index (χ0) is 18.0. The molecule has 0 heterocycles. The number of aryl methyl sites for hydroxylation is 2. The number of carbonyl (C=O) groups is 1. The van der Waals surface area contributed by atoms with E-state index in [1.165, 1.54) is 22.3 Å². The summed E-state index contributed by atoms with van der Waals surface area (Å²) >= 11 is 0. The van der Waals surface area contributed by atoms with E-state index in [0.29, 0.717) is 0 Å². The molecule has 1 amide bonds. The largest absolute Gasteiger partial charge is 0.465 e. The van der Waals surface area contributed by atoms with Gasteiger partial charge in [0.25, 0.3) is 0 Å². The van der Waals surface area contributed by atoms with E-state index in [2.05, 4.69) is 68.6 Å². The molecule has 1 aliphatic carbocycles. The summed E-state index contributed by atoms with van der Waals surface area (Å²) in [6.45, 7) is 6.47. The van der Waals surface area contributed by atoms with Gasteiger partial charge in [-0.25, -0.2) is 4.79 Å². The van der Waals surface area contributed by atoms with Crippen LogP contribution in [0.25, 0.3) is 11.1 Å². The van der Waals surface area contributed by atoms with Crippen LogP contribution in [0.15, 0.2) is 42.5 Å². The van der Waals surface area contributed by atoms with Crippen LogP contribution < -0.4 is 5.32 Å². The maximum absolute atomic E-state index is 11.2. The van der Waals surface area contributed by atoms with Crippen molar-refractivity contribution in [3.05, 3.63) is 59.2 Å². The molecule has 0 saturated heterocycles. The molecule has 1 aliphatic rings. The van der Waals surface area contributed by atoms with Crippen molar-refractivity contribution in [2.24, 2.45) is 5.41 Å². The summed E-state index contributed by atoms with van der Waals surface area (Å²) in [5.41, 5.74) is 6.09. The summed E-state index contributed by atoms with van der Waals surface area (Å²) in [6, 6.07) is 15.1. The Bertz CT molecular complexity index is 762. The summed E-state index contributed by atoms with van der Waals surface area (Å²) in [4.78, 5) is 11.2. The highest BCUT2D eigenvalue weighted by atomic mass is 16.4. The van der Waals surface area contributed by atoms with Gasteiger partial charge in [0.1, 0.15) is 0 Å². The third kappa shape index (κ3) is 3.71. The molecule has 3 heteroatoms. The van der Waals surface area contributed by atoms with E-state index in [9.17, 15) is 9.90 Å². The van der Waals surface area contributed by atoms with Gasteiger partial charge in [-0.05, 0) is 52.5 Å². The Hall–Kier alpha value is -2.29. The molecule has 0 aliphatic heterocycles. The molecule has 132 valence electrons. The lowest BCUT2D eigenvalue weighted by atomic mass is 9.70. The first kappa shape index (κ1) is 17.5. The minimum atomic E-state index is -0.957. The lowest BCUT2D eigenvalue weighted by Crippen LogP contribution is -2.40. The fourth-order valence-corrected chi connectivity index (χ4v) is 3.85. The summed E-state index contributed by atoms with van der Waals surface area (Å²) in [5.74, 6) is 0. The van der Waals surface area contributed by atoms with Crippen LogP contribution in [0.5, 0.6) is 0 Å². The first-order valence-corrected chi connectivity index (χ1v) is 9.12. The molecule has 0 bridgehead atoms. The molecule has 0 aromatic heterocycles. The molecular weight excluding hydrogens is 310 g/mol. The van der Waals surface area contributed by atoms with Crippen LogP contribution in [0, 0.1) is 5.41 Å². The van der Waals surface area contributed by atoms with E-state index in [1.807, 2.05) is 0 Å². The molecule has 2 aromatic carbocycles. The first-order chi connectivity index (χ1) is 11.9. The maximum atomic E-state index is 11.2. The topological polar surface area (TPSA) is 49.3 Å². The van der Waals surface area contributed by atoms with E-state index in [4.69, 9.17) is 0 Å². The highest BCUT2D eigenvalue weighted by Crippen LogP contribution is 2.44. The highest BCUT2D eigenvalue weighted by Gasteiger charge is 2.36. The molecule has 0 unspecified atom stereocenters. The Morgan fingerprint density at radius 3 is 2.48 bits per heavy atom. The molecule has 2 N–H and O–H groups in total. The smallest absolute Gasteiger partial charge is 0.405 e. The number of fused-ring (bicyclic) bond motifs is 1. The number of hydrogen-bond acceptors (Lipinski definition) is 1. The lowest BCUT2D eigenvalue weighted by Gasteiger charge is -2.40. The molecule has 0 radical (unpaired) electrons. The summed E-state index contributed by atoms with van der Waals surface area (Å²) in [6.07, 6.45) is 3.28. The molecule has 0 spiro atoms. The number of hydrogen-bond donors (Lipinski definition) is 2. The van der Waals surface area contributed by atoms with Gasteiger partial charge in [-0.3, -0.25) is 0 Å². The van der Waals surface area contributed by atoms with E-state index < -0.39 is 6.09 Å². The number of amides is 1. The molecule has 0 saturated carbocycles. The van der Waals surface area contributed by atoms with Crippen molar-refractivity contribution >= 4 is 6.09 Å². The SMILES string of the molecule is CCCc1ccc(-c2ccc3c(c2)CCC(C)(C)[C@H]3NC(=O)O)cc1. The van der Waals surface area contributed by atoms with E-state index in [-0.39, 0.29) is 11.5 Å². The van der Waals surface area contributed by atoms with Gasteiger partial charge >= 0.3 is 6.09 Å². The van der Waals surface area contributed by atoms with Crippen LogP contribution >= 0.6 is 0 Å². The second-order valence-electron chi connectivity index (χ2n) is 7.73. The molecule has 3 rings (SSSR count). The van der Waals surface area contributed by atoms with Gasteiger partial charge in [0.2, 0.25) is 0 Å². The first-order valence-electron chi connectivity index (χ1n) is 9.12. The van der Waals surface area contributed by atoms with Crippen LogP contribution in [-0.4, -0.2) is 11.2 Å². The molecule has 1 atom stereocenters. The number of nitrogens with one attached hydrogen (secondary N) is 1. The quantitative estimate of drug-likeness (QED) is 0.764. The normalized spacial score (nSPS) is 18.4. The van der Waals surface area contributed by atoms with Crippen LogP contribution in [0.3, 0.4) is 0 Å². The third-order valence-electron chi connectivity index (χ3n) is 5.37. The van der Waals surface area contributed by atoms with Gasteiger partial charge < -0.3 is 10.4 Å². The van der Waals surface area contributed by atoms with Crippen molar-refractivity contribution < 1.29 is 9.90 Å². The minimum absolute atomic E-state index is 0.0747. The Morgan fingerprint density at radius 1 is 1.16 bits per heavy atom. The molecule has 2 aromatic rings.